The highest BCUT2D eigenvalue weighted by Gasteiger charge is 2.22. The average molecular weight is 240 g/mol. The van der Waals surface area contributed by atoms with Crippen LogP contribution < -0.4 is 10.6 Å². The number of hydrogen-bond donors (Lipinski definition) is 2. The first-order chi connectivity index (χ1) is 8.25. The van der Waals surface area contributed by atoms with Crippen molar-refractivity contribution in [1.82, 2.24) is 20.4 Å². The molecule has 2 N–H and O–H groups in total. The summed E-state index contributed by atoms with van der Waals surface area (Å²) in [4.78, 5) is 27.0. The fourth-order valence-corrected chi connectivity index (χ4v) is 2.20. The quantitative estimate of drug-likeness (QED) is 0.600. The van der Waals surface area contributed by atoms with Crippen LogP contribution in [0, 0.1) is 0 Å². The summed E-state index contributed by atoms with van der Waals surface area (Å²) in [5.41, 5.74) is 0. The fourth-order valence-electron chi connectivity index (χ4n) is 2.20. The van der Waals surface area contributed by atoms with Crippen molar-refractivity contribution in [1.29, 1.82) is 0 Å². The summed E-state index contributed by atoms with van der Waals surface area (Å²) in [6.45, 7) is 5.69. The third-order valence-corrected chi connectivity index (χ3v) is 3.18. The summed E-state index contributed by atoms with van der Waals surface area (Å²) in [7, 11) is 0. The van der Waals surface area contributed by atoms with Crippen molar-refractivity contribution in [2.24, 2.45) is 0 Å². The Morgan fingerprint density at radius 3 is 2.88 bits per heavy atom. The van der Waals surface area contributed by atoms with Crippen LogP contribution in [0.5, 0.6) is 0 Å². The lowest BCUT2D eigenvalue weighted by Crippen LogP contribution is -2.52. The second-order valence-corrected chi connectivity index (χ2v) is 4.54. The molecule has 0 aromatic heterocycles. The molecule has 2 fully saturated rings. The second-order valence-electron chi connectivity index (χ2n) is 4.54. The van der Waals surface area contributed by atoms with Crippen LogP contribution in [-0.4, -0.2) is 74.0 Å². The van der Waals surface area contributed by atoms with E-state index in [4.69, 9.17) is 0 Å². The first-order valence-corrected chi connectivity index (χ1v) is 6.23. The van der Waals surface area contributed by atoms with Gasteiger partial charge >= 0.3 is 0 Å². The molecule has 0 aromatic carbocycles. The van der Waals surface area contributed by atoms with Crippen LogP contribution in [0.4, 0.5) is 0 Å². The molecule has 0 atom stereocenters. The number of amides is 2. The number of nitrogens with one attached hydrogen (secondary N) is 2. The highest BCUT2D eigenvalue weighted by Crippen LogP contribution is 2.00. The van der Waals surface area contributed by atoms with Crippen molar-refractivity contribution in [3.63, 3.8) is 0 Å². The lowest BCUT2D eigenvalue weighted by molar-refractivity contribution is -0.139. The molecule has 2 aliphatic rings. The summed E-state index contributed by atoms with van der Waals surface area (Å²) in [6, 6.07) is 0. The van der Waals surface area contributed by atoms with Gasteiger partial charge in [-0.1, -0.05) is 0 Å². The van der Waals surface area contributed by atoms with Crippen molar-refractivity contribution in [3.8, 4) is 0 Å². The molecule has 0 spiro atoms. The molecule has 6 nitrogen and oxygen atoms in total. The van der Waals surface area contributed by atoms with Gasteiger partial charge in [0.1, 0.15) is 0 Å². The minimum Gasteiger partial charge on any atom is -0.353 e. The third kappa shape index (κ3) is 3.67. The van der Waals surface area contributed by atoms with Gasteiger partial charge in [-0.25, -0.2) is 0 Å². The van der Waals surface area contributed by atoms with Crippen molar-refractivity contribution < 1.29 is 9.59 Å². The maximum atomic E-state index is 12.0. The minimum absolute atomic E-state index is 0.0536. The van der Waals surface area contributed by atoms with E-state index in [0.717, 1.165) is 32.6 Å². The lowest BCUT2D eigenvalue weighted by atomic mass is 10.3. The Kier molecular flexibility index (Phi) is 4.33. The van der Waals surface area contributed by atoms with Gasteiger partial charge in [0, 0.05) is 26.2 Å². The maximum Gasteiger partial charge on any atom is 0.239 e. The summed E-state index contributed by atoms with van der Waals surface area (Å²) in [5, 5.41) is 6.03. The van der Waals surface area contributed by atoms with E-state index in [2.05, 4.69) is 15.5 Å². The van der Waals surface area contributed by atoms with Gasteiger partial charge in [0.05, 0.1) is 13.1 Å². The Labute approximate surface area is 101 Å². The van der Waals surface area contributed by atoms with Gasteiger partial charge in [-0.15, -0.1) is 0 Å². The second kappa shape index (κ2) is 5.97. The molecular weight excluding hydrogens is 220 g/mol. The van der Waals surface area contributed by atoms with E-state index >= 15 is 0 Å². The molecule has 0 unspecified atom stereocenters. The van der Waals surface area contributed by atoms with Gasteiger partial charge in [0.2, 0.25) is 11.8 Å². The minimum atomic E-state index is -0.0536. The Bertz CT molecular complexity index is 287. The zero-order chi connectivity index (χ0) is 12.1. The Morgan fingerprint density at radius 2 is 2.06 bits per heavy atom. The molecule has 0 saturated carbocycles. The molecule has 17 heavy (non-hydrogen) atoms. The van der Waals surface area contributed by atoms with Crippen LogP contribution >= 0.6 is 0 Å². The molecule has 2 saturated heterocycles. The molecule has 2 amide bonds. The van der Waals surface area contributed by atoms with Crippen molar-refractivity contribution >= 4 is 11.8 Å². The van der Waals surface area contributed by atoms with Crippen LogP contribution in [0.1, 0.15) is 6.42 Å². The zero-order valence-corrected chi connectivity index (χ0v) is 10.1. The third-order valence-electron chi connectivity index (χ3n) is 3.18. The van der Waals surface area contributed by atoms with Gasteiger partial charge < -0.3 is 15.5 Å². The van der Waals surface area contributed by atoms with E-state index in [9.17, 15) is 9.59 Å². The van der Waals surface area contributed by atoms with Gasteiger partial charge in [0.15, 0.2) is 0 Å². The van der Waals surface area contributed by atoms with E-state index in [-0.39, 0.29) is 18.4 Å². The van der Waals surface area contributed by atoms with Crippen molar-refractivity contribution in [2.45, 2.75) is 6.42 Å². The predicted octanol–water partition coefficient (Wildman–Crippen LogP) is -1.76. The molecule has 2 aliphatic heterocycles. The zero-order valence-electron chi connectivity index (χ0n) is 10.1. The van der Waals surface area contributed by atoms with E-state index < -0.39 is 0 Å². The predicted molar refractivity (Wildman–Crippen MR) is 63.5 cm³/mol. The van der Waals surface area contributed by atoms with E-state index in [1.54, 1.807) is 4.90 Å². The van der Waals surface area contributed by atoms with E-state index in [1.807, 2.05) is 0 Å². The van der Waals surface area contributed by atoms with Crippen molar-refractivity contribution in [2.75, 3.05) is 52.4 Å². The maximum absolute atomic E-state index is 12.0. The topological polar surface area (TPSA) is 64.7 Å². The SMILES string of the molecule is O=C1CN(C(=O)CN2CCCNCC2)CCN1. The number of rotatable bonds is 2. The van der Waals surface area contributed by atoms with Crippen LogP contribution in [0.3, 0.4) is 0 Å². The van der Waals surface area contributed by atoms with Gasteiger partial charge in [-0.05, 0) is 19.5 Å². The normalized spacial score (nSPS) is 23.1. The molecule has 0 bridgehead atoms. The molecule has 2 rings (SSSR count). The summed E-state index contributed by atoms with van der Waals surface area (Å²) < 4.78 is 0. The average Bonchev–Trinajstić information content (AvgIpc) is 2.57. The van der Waals surface area contributed by atoms with Crippen LogP contribution in [0.25, 0.3) is 0 Å². The van der Waals surface area contributed by atoms with E-state index in [1.165, 1.54) is 0 Å². The molecular formula is C11H20N4O2. The molecule has 6 heteroatoms. The molecule has 96 valence electrons. The summed E-state index contributed by atoms with van der Waals surface area (Å²) in [5.74, 6) is 0.0175. The first kappa shape index (κ1) is 12.3. The lowest BCUT2D eigenvalue weighted by Gasteiger charge is -2.29. The molecule has 0 aromatic rings. The highest BCUT2D eigenvalue weighted by atomic mass is 16.2. The smallest absolute Gasteiger partial charge is 0.239 e. The molecule has 2 heterocycles. The van der Waals surface area contributed by atoms with Gasteiger partial charge in [-0.2, -0.15) is 0 Å². The number of carbonyl (C=O) groups is 2. The Balaban J connectivity index is 1.80. The van der Waals surface area contributed by atoms with Gasteiger partial charge in [-0.3, -0.25) is 14.5 Å². The highest BCUT2D eigenvalue weighted by molar-refractivity contribution is 5.86. The number of hydrogen-bond acceptors (Lipinski definition) is 4. The standard InChI is InChI=1S/C11H20N4O2/c16-10-8-15(7-4-13-10)11(17)9-14-5-1-2-12-3-6-14/h12H,1-9H2,(H,13,16). The van der Waals surface area contributed by atoms with Gasteiger partial charge in [0.25, 0.3) is 0 Å². The number of carbonyl (C=O) groups excluding carboxylic acids is 2. The van der Waals surface area contributed by atoms with Crippen LogP contribution in [0.15, 0.2) is 0 Å². The number of piperazine rings is 1. The van der Waals surface area contributed by atoms with Crippen LogP contribution in [0.2, 0.25) is 0 Å². The Morgan fingerprint density at radius 1 is 1.18 bits per heavy atom. The summed E-state index contributed by atoms with van der Waals surface area (Å²) >= 11 is 0. The molecule has 0 radical (unpaired) electrons. The Hall–Kier alpha value is -1.14. The largest absolute Gasteiger partial charge is 0.353 e. The van der Waals surface area contributed by atoms with Crippen LogP contribution in [-0.2, 0) is 9.59 Å². The number of nitrogens with zero attached hydrogens (tertiary/aromatic N) is 2. The molecule has 0 aliphatic carbocycles. The monoisotopic (exact) mass is 240 g/mol. The van der Waals surface area contributed by atoms with E-state index in [0.29, 0.717) is 19.6 Å². The van der Waals surface area contributed by atoms with Crippen molar-refractivity contribution in [3.05, 3.63) is 0 Å². The fraction of sp³-hybridized carbons (Fsp3) is 0.818. The first-order valence-electron chi connectivity index (χ1n) is 6.23. The summed E-state index contributed by atoms with van der Waals surface area (Å²) in [6.07, 6.45) is 1.08.